The van der Waals surface area contributed by atoms with Crippen molar-refractivity contribution in [2.45, 2.75) is 43.9 Å². The lowest BCUT2D eigenvalue weighted by Crippen LogP contribution is -2.57. The Morgan fingerprint density at radius 3 is 2.42 bits per heavy atom. The molecule has 1 aromatic heterocycles. The van der Waals surface area contributed by atoms with Gasteiger partial charge in [0.2, 0.25) is 5.91 Å². The molecule has 24 heavy (non-hydrogen) atoms. The van der Waals surface area contributed by atoms with Crippen molar-refractivity contribution in [2.24, 2.45) is 0 Å². The van der Waals surface area contributed by atoms with Gasteiger partial charge >= 0.3 is 0 Å². The van der Waals surface area contributed by atoms with E-state index in [1.54, 1.807) is 0 Å². The fourth-order valence-electron chi connectivity index (χ4n) is 2.59. The Kier molecular flexibility index (Phi) is 9.17. The van der Waals surface area contributed by atoms with Crippen LogP contribution in [0, 0.1) is 0 Å². The van der Waals surface area contributed by atoms with E-state index in [-0.39, 0.29) is 31.4 Å². The first kappa shape index (κ1) is 23.6. The summed E-state index contributed by atoms with van der Waals surface area (Å²) in [4.78, 5) is 17.0. The van der Waals surface area contributed by atoms with Crippen molar-refractivity contribution in [3.05, 3.63) is 16.1 Å². The zero-order valence-corrected chi connectivity index (χ0v) is 17.3. The van der Waals surface area contributed by atoms with Gasteiger partial charge in [0.15, 0.2) is 14.6 Å². The minimum absolute atomic E-state index is 0. The summed E-state index contributed by atoms with van der Waals surface area (Å²) in [7, 11) is -3.47. The van der Waals surface area contributed by atoms with Crippen LogP contribution in [0.3, 0.4) is 0 Å². The number of nitrogens with zero attached hydrogens (tertiary/aromatic N) is 1. The Bertz CT molecular complexity index is 641. The van der Waals surface area contributed by atoms with Crippen molar-refractivity contribution in [3.63, 3.8) is 0 Å². The number of amides is 1. The van der Waals surface area contributed by atoms with Gasteiger partial charge in [0.05, 0.1) is 12.2 Å². The smallest absolute Gasteiger partial charge is 0.241 e. The summed E-state index contributed by atoms with van der Waals surface area (Å²) >= 11 is 1.49. The summed E-state index contributed by atoms with van der Waals surface area (Å²) in [6.45, 7) is 5.47. The number of sulfone groups is 1. The predicted molar refractivity (Wildman–Crippen MR) is 102 cm³/mol. The quantitative estimate of drug-likeness (QED) is 0.763. The maximum atomic E-state index is 12.5. The number of rotatable bonds is 5. The Labute approximate surface area is 159 Å². The number of aromatic nitrogens is 1. The highest BCUT2D eigenvalue weighted by Crippen LogP contribution is 2.28. The molecule has 0 aromatic carbocycles. The van der Waals surface area contributed by atoms with Crippen LogP contribution < -0.4 is 10.6 Å². The molecule has 2 heterocycles. The molecule has 1 aliphatic heterocycles. The van der Waals surface area contributed by atoms with Crippen molar-refractivity contribution in [1.82, 2.24) is 15.6 Å². The second-order valence-corrected chi connectivity index (χ2v) is 9.29. The van der Waals surface area contributed by atoms with Crippen LogP contribution in [-0.4, -0.2) is 43.4 Å². The zero-order chi connectivity index (χ0) is 16.4. The second-order valence-electron chi connectivity index (χ2n) is 6.02. The van der Waals surface area contributed by atoms with E-state index >= 15 is 0 Å². The van der Waals surface area contributed by atoms with Crippen LogP contribution in [0.2, 0.25) is 0 Å². The largest absolute Gasteiger partial charge is 0.348 e. The molecule has 1 saturated heterocycles. The fourth-order valence-corrected chi connectivity index (χ4v) is 4.84. The van der Waals surface area contributed by atoms with Gasteiger partial charge < -0.3 is 10.6 Å². The van der Waals surface area contributed by atoms with Crippen molar-refractivity contribution in [3.8, 4) is 0 Å². The molecule has 2 N–H and O–H groups in total. The van der Waals surface area contributed by atoms with Crippen LogP contribution in [-0.2, 0) is 21.2 Å². The Morgan fingerprint density at radius 2 is 1.96 bits per heavy atom. The molecular formula is C14H25Cl2N3O3S2. The van der Waals surface area contributed by atoms with Crippen LogP contribution in [0.1, 0.15) is 43.3 Å². The summed E-state index contributed by atoms with van der Waals surface area (Å²) in [5.41, 5.74) is 0.994. The van der Waals surface area contributed by atoms with Gasteiger partial charge in [-0.1, -0.05) is 13.8 Å². The van der Waals surface area contributed by atoms with Crippen molar-refractivity contribution in [2.75, 3.05) is 19.3 Å². The molecule has 140 valence electrons. The van der Waals surface area contributed by atoms with Gasteiger partial charge in [0.1, 0.15) is 5.01 Å². The maximum Gasteiger partial charge on any atom is 0.241 e. The van der Waals surface area contributed by atoms with Gasteiger partial charge in [0, 0.05) is 11.6 Å². The normalized spacial score (nSPS) is 16.8. The average Bonchev–Trinajstić information content (AvgIpc) is 2.93. The summed E-state index contributed by atoms with van der Waals surface area (Å²) in [6, 6.07) is 0. The average molecular weight is 418 g/mol. The number of hydrogen-bond donors (Lipinski definition) is 2. The van der Waals surface area contributed by atoms with Crippen LogP contribution in [0.25, 0.3) is 0 Å². The molecule has 1 aromatic rings. The molecule has 0 saturated carbocycles. The molecule has 0 atom stereocenters. The monoisotopic (exact) mass is 417 g/mol. The van der Waals surface area contributed by atoms with E-state index < -0.39 is 20.5 Å². The van der Waals surface area contributed by atoms with Crippen molar-refractivity contribution in [1.29, 1.82) is 0 Å². The molecule has 0 bridgehead atoms. The van der Waals surface area contributed by atoms with E-state index in [9.17, 15) is 13.2 Å². The van der Waals surface area contributed by atoms with Crippen molar-refractivity contribution < 1.29 is 13.2 Å². The molecule has 1 amide bonds. The van der Waals surface area contributed by atoms with Crippen LogP contribution in [0.4, 0.5) is 0 Å². The summed E-state index contributed by atoms with van der Waals surface area (Å²) in [6.07, 6.45) is 1.78. The van der Waals surface area contributed by atoms with Gasteiger partial charge in [0.25, 0.3) is 0 Å². The number of carbonyl (C=O) groups is 1. The second kappa shape index (κ2) is 9.33. The Morgan fingerprint density at radius 1 is 1.38 bits per heavy atom. The number of piperidine rings is 1. The third-order valence-corrected chi connectivity index (χ3v) is 6.98. The third-order valence-electron chi connectivity index (χ3n) is 4.10. The fraction of sp³-hybridized carbons (Fsp3) is 0.714. The lowest BCUT2D eigenvalue weighted by Gasteiger charge is -2.34. The number of carbonyl (C=O) groups excluding carboxylic acids is 1. The first-order valence-electron chi connectivity index (χ1n) is 7.39. The van der Waals surface area contributed by atoms with Crippen LogP contribution in [0.5, 0.6) is 0 Å². The highest BCUT2D eigenvalue weighted by molar-refractivity contribution is 7.92. The molecule has 10 heteroatoms. The Hall–Kier alpha value is -0.410. The van der Waals surface area contributed by atoms with Gasteiger partial charge in [-0.3, -0.25) is 4.79 Å². The van der Waals surface area contributed by atoms with Crippen LogP contribution >= 0.6 is 36.2 Å². The summed E-state index contributed by atoms with van der Waals surface area (Å²) in [5, 5.41) is 8.65. The number of nitrogens with one attached hydrogen (secondary N) is 2. The van der Waals surface area contributed by atoms with Crippen LogP contribution in [0.15, 0.2) is 5.38 Å². The molecule has 0 unspecified atom stereocenters. The molecular weight excluding hydrogens is 393 g/mol. The first-order chi connectivity index (χ1) is 10.3. The standard InChI is InChI=1S/C14H23N3O3S2.2ClH/c1-10(2)11-9-21-12(17-11)8-16-13(18)14(22(3,19)20)4-6-15-7-5-14;;/h9-10,15H,4-8H2,1-3H3,(H,16,18);2*1H. The minimum atomic E-state index is -3.47. The third kappa shape index (κ3) is 5.05. The number of thiazole rings is 1. The van der Waals surface area contributed by atoms with Gasteiger partial charge in [-0.2, -0.15) is 0 Å². The van der Waals surface area contributed by atoms with E-state index in [0.717, 1.165) is 17.0 Å². The molecule has 2 rings (SSSR count). The summed E-state index contributed by atoms with van der Waals surface area (Å²) in [5.74, 6) is -0.0646. The molecule has 1 fully saturated rings. The minimum Gasteiger partial charge on any atom is -0.348 e. The van der Waals surface area contributed by atoms with E-state index in [2.05, 4.69) is 29.5 Å². The van der Waals surface area contributed by atoms with E-state index in [4.69, 9.17) is 0 Å². The highest BCUT2D eigenvalue weighted by atomic mass is 35.5. The number of halogens is 2. The van der Waals surface area contributed by atoms with E-state index in [1.165, 1.54) is 11.3 Å². The van der Waals surface area contributed by atoms with Gasteiger partial charge in [-0.25, -0.2) is 13.4 Å². The lowest BCUT2D eigenvalue weighted by molar-refractivity contribution is -0.124. The van der Waals surface area contributed by atoms with Gasteiger partial charge in [-0.05, 0) is 31.8 Å². The molecule has 0 spiro atoms. The SMILES string of the molecule is CC(C)c1csc(CNC(=O)C2(S(C)(=O)=O)CCNCC2)n1.Cl.Cl. The molecule has 0 aliphatic carbocycles. The maximum absolute atomic E-state index is 12.5. The zero-order valence-electron chi connectivity index (χ0n) is 14.0. The van der Waals surface area contributed by atoms with Crippen molar-refractivity contribution >= 4 is 51.9 Å². The van der Waals surface area contributed by atoms with E-state index in [1.807, 2.05) is 5.38 Å². The lowest BCUT2D eigenvalue weighted by atomic mass is 9.96. The molecule has 1 aliphatic rings. The first-order valence-corrected chi connectivity index (χ1v) is 10.2. The van der Waals surface area contributed by atoms with Gasteiger partial charge in [-0.15, -0.1) is 36.2 Å². The molecule has 0 radical (unpaired) electrons. The molecule has 6 nitrogen and oxygen atoms in total. The highest BCUT2D eigenvalue weighted by Gasteiger charge is 2.48. The number of hydrogen-bond acceptors (Lipinski definition) is 6. The predicted octanol–water partition coefficient (Wildman–Crippen LogP) is 1.89. The Balaban J connectivity index is 0.00000264. The van der Waals surface area contributed by atoms with E-state index in [0.29, 0.717) is 31.8 Å². The summed E-state index contributed by atoms with van der Waals surface area (Å²) < 4.78 is 23.0. The topological polar surface area (TPSA) is 88.2 Å².